The molecule has 2 aliphatic heterocycles. The number of fused-ring (bicyclic) bond motifs is 1. The number of hydrogen-bond donors (Lipinski definition) is 1. The lowest BCUT2D eigenvalue weighted by Gasteiger charge is -2.31. The lowest BCUT2D eigenvalue weighted by Crippen LogP contribution is -2.33. The molecule has 0 spiro atoms. The highest BCUT2D eigenvalue weighted by Gasteiger charge is 2.37. The summed E-state index contributed by atoms with van der Waals surface area (Å²) in [6, 6.07) is 10.4. The highest BCUT2D eigenvalue weighted by atomic mass is 19.4. The first-order chi connectivity index (χ1) is 22.0. The number of imidazole rings is 1. The molecule has 2 unspecified atom stereocenters. The van der Waals surface area contributed by atoms with Crippen LogP contribution in [0.15, 0.2) is 55.0 Å². The van der Waals surface area contributed by atoms with Crippen LogP contribution in [0, 0.1) is 5.82 Å². The average Bonchev–Trinajstić information content (AvgIpc) is 3.61. The maximum atomic E-state index is 14.1. The molecule has 1 saturated heterocycles. The zero-order valence-corrected chi connectivity index (χ0v) is 25.8. The summed E-state index contributed by atoms with van der Waals surface area (Å²) in [7, 11) is 5.50. The molecule has 0 radical (unpaired) electrons. The number of nitrogens with one attached hydrogen (secondary N) is 1. The molecule has 1 amide bonds. The lowest BCUT2D eigenvalue weighted by atomic mass is 9.88. The van der Waals surface area contributed by atoms with Gasteiger partial charge in [-0.05, 0) is 69.4 Å². The first-order valence-corrected chi connectivity index (χ1v) is 15.1. The third-order valence-corrected chi connectivity index (χ3v) is 8.60. The number of carbonyl (C=O) groups excluding carboxylic acids is 1. The number of alkyl halides is 3. The summed E-state index contributed by atoms with van der Waals surface area (Å²) in [5, 5.41) is 3.55. The van der Waals surface area contributed by atoms with Gasteiger partial charge in [-0.1, -0.05) is 12.1 Å². The number of ether oxygens (including phenoxy) is 1. The number of aromatic nitrogens is 4. The highest BCUT2D eigenvalue weighted by molar-refractivity contribution is 6.00. The summed E-state index contributed by atoms with van der Waals surface area (Å²) in [6.45, 7) is 2.30. The topological polar surface area (TPSA) is 88.4 Å². The zero-order chi connectivity index (χ0) is 32.6. The van der Waals surface area contributed by atoms with Gasteiger partial charge in [-0.3, -0.25) is 9.69 Å². The fraction of sp³-hybridized carbons (Fsp3) is 0.394. The molecular weight excluding hydrogens is 602 g/mol. The number of benzene rings is 2. The average molecular weight is 638 g/mol. The van der Waals surface area contributed by atoms with E-state index in [4.69, 9.17) is 9.72 Å². The molecule has 0 bridgehead atoms. The number of piperidine rings is 1. The molecule has 9 nitrogen and oxygen atoms in total. The molecule has 0 saturated carbocycles. The monoisotopic (exact) mass is 637 g/mol. The fourth-order valence-electron chi connectivity index (χ4n) is 6.20. The van der Waals surface area contributed by atoms with Crippen LogP contribution in [-0.2, 0) is 30.5 Å². The summed E-state index contributed by atoms with van der Waals surface area (Å²) in [5.41, 5.74) is 1.75. The number of nitrogens with zero attached hydrogens (tertiary/aromatic N) is 6. The van der Waals surface area contributed by atoms with Crippen LogP contribution in [0.1, 0.15) is 53.0 Å². The second kappa shape index (κ2) is 12.8. The van der Waals surface area contributed by atoms with Crippen molar-refractivity contribution in [1.29, 1.82) is 0 Å². The van der Waals surface area contributed by atoms with Gasteiger partial charge < -0.3 is 19.5 Å². The quantitative estimate of drug-likeness (QED) is 0.247. The van der Waals surface area contributed by atoms with E-state index in [0.717, 1.165) is 46.9 Å². The molecule has 2 aliphatic rings. The molecule has 2 aromatic carbocycles. The van der Waals surface area contributed by atoms with E-state index in [2.05, 4.69) is 15.3 Å². The molecule has 0 aliphatic carbocycles. The Hall–Kier alpha value is -4.36. The summed E-state index contributed by atoms with van der Waals surface area (Å²) in [6.07, 6.45) is -0.0165. The van der Waals surface area contributed by atoms with Gasteiger partial charge in [0.25, 0.3) is 0 Å². The Kier molecular flexibility index (Phi) is 8.80. The summed E-state index contributed by atoms with van der Waals surface area (Å²) >= 11 is 0. The number of carbonyl (C=O) groups is 1. The molecule has 242 valence electrons. The van der Waals surface area contributed by atoms with Crippen molar-refractivity contribution in [2.24, 2.45) is 0 Å². The van der Waals surface area contributed by atoms with Crippen LogP contribution < -0.4 is 15.0 Å². The van der Waals surface area contributed by atoms with Gasteiger partial charge in [0.15, 0.2) is 0 Å². The number of likely N-dealkylation sites (N-methyl/N-ethyl adjacent to an activating group) is 1. The third-order valence-electron chi connectivity index (χ3n) is 8.60. The standard InChI is InChI=1S/C33H35F4N7O2/c1-42(2)12-13-43-18-28(21-6-9-26(34)25(14-21)33(35,36)37)41-31(43)22-10-11-38-27(15-22)30-24-16-29(45)44(32(24)40-19-39-30)17-20-4-7-23(46-3)8-5-20/h4-9,14,18-19,22,27,38H,10-13,15-17H2,1-3H3. The van der Waals surface area contributed by atoms with E-state index < -0.39 is 17.6 Å². The Labute approximate surface area is 264 Å². The Balaban J connectivity index is 1.28. The fourth-order valence-corrected chi connectivity index (χ4v) is 6.20. The second-order valence-corrected chi connectivity index (χ2v) is 12.0. The molecule has 2 atom stereocenters. The van der Waals surface area contributed by atoms with E-state index in [0.29, 0.717) is 44.1 Å². The lowest BCUT2D eigenvalue weighted by molar-refractivity contribution is -0.140. The van der Waals surface area contributed by atoms with E-state index >= 15 is 0 Å². The molecule has 1 N–H and O–H groups in total. The summed E-state index contributed by atoms with van der Waals surface area (Å²) < 4.78 is 61.8. The minimum absolute atomic E-state index is 0.0391. The maximum absolute atomic E-state index is 14.1. The Morgan fingerprint density at radius 2 is 1.89 bits per heavy atom. The molecule has 13 heteroatoms. The Morgan fingerprint density at radius 1 is 1.11 bits per heavy atom. The summed E-state index contributed by atoms with van der Waals surface area (Å²) in [5.74, 6) is 0.676. The largest absolute Gasteiger partial charge is 0.497 e. The normalized spacial score (nSPS) is 18.3. The van der Waals surface area contributed by atoms with Gasteiger partial charge in [0.05, 0.1) is 43.1 Å². The second-order valence-electron chi connectivity index (χ2n) is 12.0. The first kappa shape index (κ1) is 31.6. The smallest absolute Gasteiger partial charge is 0.419 e. The van der Waals surface area contributed by atoms with Crippen molar-refractivity contribution in [3.05, 3.63) is 89.0 Å². The van der Waals surface area contributed by atoms with Crippen LogP contribution in [0.25, 0.3) is 11.3 Å². The van der Waals surface area contributed by atoms with Gasteiger partial charge in [0.1, 0.15) is 29.5 Å². The number of amides is 1. The van der Waals surface area contributed by atoms with Gasteiger partial charge in [0, 0.05) is 36.3 Å². The first-order valence-electron chi connectivity index (χ1n) is 15.1. The number of halogens is 4. The van der Waals surface area contributed by atoms with Crippen molar-refractivity contribution >= 4 is 11.7 Å². The molecular formula is C33H35F4N7O2. The van der Waals surface area contributed by atoms with E-state index in [-0.39, 0.29) is 29.9 Å². The van der Waals surface area contributed by atoms with Crippen molar-refractivity contribution in [2.45, 2.75) is 50.5 Å². The third kappa shape index (κ3) is 6.47. The predicted molar refractivity (Wildman–Crippen MR) is 164 cm³/mol. The number of rotatable bonds is 9. The Morgan fingerprint density at radius 3 is 2.61 bits per heavy atom. The molecule has 1 fully saturated rings. The van der Waals surface area contributed by atoms with Crippen LogP contribution in [-0.4, -0.2) is 64.6 Å². The molecule has 46 heavy (non-hydrogen) atoms. The van der Waals surface area contributed by atoms with E-state index in [9.17, 15) is 22.4 Å². The van der Waals surface area contributed by atoms with Gasteiger partial charge in [0.2, 0.25) is 5.91 Å². The van der Waals surface area contributed by atoms with Crippen molar-refractivity contribution in [2.75, 3.05) is 39.2 Å². The number of methoxy groups -OCH3 is 1. The molecule has 2 aromatic heterocycles. The Bertz CT molecular complexity index is 1720. The van der Waals surface area contributed by atoms with E-state index in [1.807, 2.05) is 47.8 Å². The van der Waals surface area contributed by atoms with Gasteiger partial charge in [-0.15, -0.1) is 0 Å². The van der Waals surface area contributed by atoms with Gasteiger partial charge in [-0.25, -0.2) is 19.3 Å². The van der Waals surface area contributed by atoms with Crippen LogP contribution >= 0.6 is 0 Å². The minimum atomic E-state index is -4.82. The molecule has 6 rings (SSSR count). The highest BCUT2D eigenvalue weighted by Crippen LogP contribution is 2.40. The number of hydrogen-bond acceptors (Lipinski definition) is 7. The van der Waals surface area contributed by atoms with Crippen molar-refractivity contribution < 1.29 is 27.1 Å². The van der Waals surface area contributed by atoms with Crippen LogP contribution in [0.2, 0.25) is 0 Å². The van der Waals surface area contributed by atoms with E-state index in [1.165, 1.54) is 12.4 Å². The van der Waals surface area contributed by atoms with Gasteiger partial charge >= 0.3 is 6.18 Å². The molecule has 4 aromatic rings. The van der Waals surface area contributed by atoms with Crippen molar-refractivity contribution in [3.8, 4) is 17.0 Å². The SMILES string of the molecule is COc1ccc(CN2C(=O)Cc3c(C4CC(c5nc(-c6ccc(F)c(C(F)(F)F)c6)cn5CCN(C)C)CCN4)ncnc32)cc1. The predicted octanol–water partition coefficient (Wildman–Crippen LogP) is 5.37. The minimum Gasteiger partial charge on any atom is -0.497 e. The van der Waals surface area contributed by atoms with E-state index in [1.54, 1.807) is 18.2 Å². The molecule has 4 heterocycles. The zero-order valence-electron chi connectivity index (χ0n) is 25.8. The maximum Gasteiger partial charge on any atom is 0.419 e. The van der Waals surface area contributed by atoms with Crippen LogP contribution in [0.5, 0.6) is 5.75 Å². The summed E-state index contributed by atoms with van der Waals surface area (Å²) in [4.78, 5) is 30.9. The van der Waals surface area contributed by atoms with Crippen molar-refractivity contribution in [3.63, 3.8) is 0 Å². The van der Waals surface area contributed by atoms with Crippen LogP contribution in [0.4, 0.5) is 23.4 Å². The number of anilines is 1. The van der Waals surface area contributed by atoms with Crippen LogP contribution in [0.3, 0.4) is 0 Å². The van der Waals surface area contributed by atoms with Crippen molar-refractivity contribution in [1.82, 2.24) is 29.7 Å². The van der Waals surface area contributed by atoms with Gasteiger partial charge in [-0.2, -0.15) is 13.2 Å².